The van der Waals surface area contributed by atoms with E-state index in [1.165, 1.54) is 5.56 Å². The van der Waals surface area contributed by atoms with Crippen LogP contribution in [-0.4, -0.2) is 19.8 Å². The lowest BCUT2D eigenvalue weighted by molar-refractivity contribution is 0.158. The number of anilines is 2. The molecule has 1 aromatic rings. The van der Waals surface area contributed by atoms with E-state index >= 15 is 0 Å². The van der Waals surface area contributed by atoms with Crippen LogP contribution in [0.15, 0.2) is 18.2 Å². The molecule has 0 unspecified atom stereocenters. The van der Waals surface area contributed by atoms with Gasteiger partial charge in [-0.2, -0.15) is 0 Å². The molecule has 0 radical (unpaired) electrons. The first-order valence-corrected chi connectivity index (χ1v) is 4.91. The molecule has 0 aliphatic heterocycles. The van der Waals surface area contributed by atoms with Crippen molar-refractivity contribution in [3.8, 4) is 0 Å². The van der Waals surface area contributed by atoms with Crippen LogP contribution in [0.5, 0.6) is 0 Å². The first kappa shape index (κ1) is 10.9. The molecule has 14 heavy (non-hydrogen) atoms. The van der Waals surface area contributed by atoms with Crippen molar-refractivity contribution < 1.29 is 4.74 Å². The van der Waals surface area contributed by atoms with Gasteiger partial charge in [0.1, 0.15) is 0 Å². The van der Waals surface area contributed by atoms with E-state index in [2.05, 4.69) is 5.32 Å². The van der Waals surface area contributed by atoms with Gasteiger partial charge in [0.05, 0.1) is 18.0 Å². The first-order valence-electron chi connectivity index (χ1n) is 4.91. The predicted molar refractivity (Wildman–Crippen MR) is 60.6 cm³/mol. The summed E-state index contributed by atoms with van der Waals surface area (Å²) in [6.07, 6.45) is 0. The fourth-order valence-corrected chi connectivity index (χ4v) is 1.25. The number of ether oxygens (including phenoxy) is 1. The number of aryl methyl sites for hydroxylation is 1. The Balaban J connectivity index is 2.42. The molecule has 0 atom stereocenters. The van der Waals surface area contributed by atoms with Gasteiger partial charge in [-0.15, -0.1) is 0 Å². The summed E-state index contributed by atoms with van der Waals surface area (Å²) in [5.74, 6) is 0. The lowest BCUT2D eigenvalue weighted by atomic mass is 10.2. The Morgan fingerprint density at radius 2 is 2.21 bits per heavy atom. The second-order valence-corrected chi connectivity index (χ2v) is 3.21. The lowest BCUT2D eigenvalue weighted by Gasteiger charge is -2.09. The largest absolute Gasteiger partial charge is 0.397 e. The normalized spacial score (nSPS) is 10.1. The zero-order chi connectivity index (χ0) is 10.4. The third-order valence-electron chi connectivity index (χ3n) is 1.97. The average Bonchev–Trinajstić information content (AvgIpc) is 2.15. The van der Waals surface area contributed by atoms with Crippen molar-refractivity contribution in [2.75, 3.05) is 30.8 Å². The van der Waals surface area contributed by atoms with Crippen molar-refractivity contribution in [3.63, 3.8) is 0 Å². The Kier molecular flexibility index (Phi) is 4.26. The van der Waals surface area contributed by atoms with Crippen molar-refractivity contribution in [1.82, 2.24) is 0 Å². The smallest absolute Gasteiger partial charge is 0.0638 e. The van der Waals surface area contributed by atoms with E-state index in [0.29, 0.717) is 6.61 Å². The monoisotopic (exact) mass is 194 g/mol. The van der Waals surface area contributed by atoms with Gasteiger partial charge in [0, 0.05) is 13.2 Å². The summed E-state index contributed by atoms with van der Waals surface area (Å²) < 4.78 is 5.22. The molecule has 0 aromatic heterocycles. The van der Waals surface area contributed by atoms with Gasteiger partial charge in [0.2, 0.25) is 0 Å². The van der Waals surface area contributed by atoms with Crippen LogP contribution in [0.4, 0.5) is 11.4 Å². The third-order valence-corrected chi connectivity index (χ3v) is 1.97. The van der Waals surface area contributed by atoms with Crippen LogP contribution < -0.4 is 11.1 Å². The fourth-order valence-electron chi connectivity index (χ4n) is 1.25. The van der Waals surface area contributed by atoms with Crippen molar-refractivity contribution in [1.29, 1.82) is 0 Å². The Morgan fingerprint density at radius 1 is 1.43 bits per heavy atom. The summed E-state index contributed by atoms with van der Waals surface area (Å²) in [6, 6.07) is 6.00. The highest BCUT2D eigenvalue weighted by Gasteiger charge is 1.97. The molecular formula is C11H18N2O. The molecular weight excluding hydrogens is 176 g/mol. The van der Waals surface area contributed by atoms with E-state index in [0.717, 1.165) is 24.5 Å². The summed E-state index contributed by atoms with van der Waals surface area (Å²) in [6.45, 7) is 6.27. The number of nitrogens with two attached hydrogens (primary N) is 1. The Labute approximate surface area is 85.3 Å². The summed E-state index contributed by atoms with van der Waals surface area (Å²) in [7, 11) is 0. The summed E-state index contributed by atoms with van der Waals surface area (Å²) >= 11 is 0. The summed E-state index contributed by atoms with van der Waals surface area (Å²) in [5.41, 5.74) is 8.79. The minimum atomic E-state index is 0.712. The molecule has 3 heteroatoms. The van der Waals surface area contributed by atoms with Crippen LogP contribution in [0.1, 0.15) is 12.5 Å². The molecule has 0 aliphatic rings. The van der Waals surface area contributed by atoms with Crippen LogP contribution in [-0.2, 0) is 4.74 Å². The number of hydrogen-bond donors (Lipinski definition) is 2. The van der Waals surface area contributed by atoms with Crippen molar-refractivity contribution in [3.05, 3.63) is 23.8 Å². The quantitative estimate of drug-likeness (QED) is 0.557. The molecule has 0 fully saturated rings. The lowest BCUT2D eigenvalue weighted by Crippen LogP contribution is -2.10. The van der Waals surface area contributed by atoms with Gasteiger partial charge in [-0.05, 0) is 31.5 Å². The number of rotatable bonds is 5. The summed E-state index contributed by atoms with van der Waals surface area (Å²) in [4.78, 5) is 0. The van der Waals surface area contributed by atoms with E-state index in [4.69, 9.17) is 10.5 Å². The predicted octanol–water partition coefficient (Wildman–Crippen LogP) is 2.03. The Hall–Kier alpha value is -1.22. The molecule has 0 saturated heterocycles. The Bertz CT molecular complexity index is 287. The van der Waals surface area contributed by atoms with Gasteiger partial charge < -0.3 is 15.8 Å². The van der Waals surface area contributed by atoms with E-state index in [1.54, 1.807) is 0 Å². The van der Waals surface area contributed by atoms with Gasteiger partial charge in [-0.3, -0.25) is 0 Å². The number of nitrogen functional groups attached to an aromatic ring is 1. The van der Waals surface area contributed by atoms with E-state index in [-0.39, 0.29) is 0 Å². The zero-order valence-electron chi connectivity index (χ0n) is 8.84. The summed E-state index contributed by atoms with van der Waals surface area (Å²) in [5, 5.41) is 3.22. The third kappa shape index (κ3) is 3.26. The van der Waals surface area contributed by atoms with Gasteiger partial charge in [-0.25, -0.2) is 0 Å². The molecule has 0 spiro atoms. The molecule has 0 bridgehead atoms. The minimum absolute atomic E-state index is 0.712. The van der Waals surface area contributed by atoms with Crippen LogP contribution in [0, 0.1) is 6.92 Å². The number of benzene rings is 1. The molecule has 0 amide bonds. The molecule has 3 nitrogen and oxygen atoms in total. The molecule has 0 heterocycles. The van der Waals surface area contributed by atoms with Crippen LogP contribution in [0.2, 0.25) is 0 Å². The van der Waals surface area contributed by atoms with Crippen LogP contribution >= 0.6 is 0 Å². The molecule has 78 valence electrons. The second kappa shape index (κ2) is 5.50. The minimum Gasteiger partial charge on any atom is -0.397 e. The van der Waals surface area contributed by atoms with Crippen LogP contribution in [0.3, 0.4) is 0 Å². The van der Waals surface area contributed by atoms with Crippen LogP contribution in [0.25, 0.3) is 0 Å². The highest BCUT2D eigenvalue weighted by atomic mass is 16.5. The Morgan fingerprint density at radius 3 is 2.86 bits per heavy atom. The standard InChI is InChI=1S/C11H18N2O/c1-3-14-7-6-13-11-5-4-9(2)8-10(11)12/h4-5,8,13H,3,6-7,12H2,1-2H3. The van der Waals surface area contributed by atoms with E-state index in [9.17, 15) is 0 Å². The zero-order valence-corrected chi connectivity index (χ0v) is 8.84. The molecule has 0 aliphatic carbocycles. The SMILES string of the molecule is CCOCCNc1ccc(C)cc1N. The highest BCUT2D eigenvalue weighted by molar-refractivity contribution is 5.66. The molecule has 3 N–H and O–H groups in total. The average molecular weight is 194 g/mol. The number of hydrogen-bond acceptors (Lipinski definition) is 3. The van der Waals surface area contributed by atoms with Gasteiger partial charge in [-0.1, -0.05) is 6.07 Å². The van der Waals surface area contributed by atoms with Gasteiger partial charge in [0.25, 0.3) is 0 Å². The maximum Gasteiger partial charge on any atom is 0.0638 e. The topological polar surface area (TPSA) is 47.3 Å². The van der Waals surface area contributed by atoms with E-state index in [1.807, 2.05) is 32.0 Å². The van der Waals surface area contributed by atoms with Gasteiger partial charge in [0.15, 0.2) is 0 Å². The second-order valence-electron chi connectivity index (χ2n) is 3.21. The number of nitrogens with one attached hydrogen (secondary N) is 1. The van der Waals surface area contributed by atoms with Gasteiger partial charge >= 0.3 is 0 Å². The van der Waals surface area contributed by atoms with E-state index < -0.39 is 0 Å². The molecule has 0 saturated carbocycles. The van der Waals surface area contributed by atoms with Crippen molar-refractivity contribution in [2.45, 2.75) is 13.8 Å². The maximum absolute atomic E-state index is 5.83. The maximum atomic E-state index is 5.83. The fraction of sp³-hybridized carbons (Fsp3) is 0.455. The van der Waals surface area contributed by atoms with Crippen molar-refractivity contribution >= 4 is 11.4 Å². The van der Waals surface area contributed by atoms with Crippen molar-refractivity contribution in [2.24, 2.45) is 0 Å². The highest BCUT2D eigenvalue weighted by Crippen LogP contribution is 2.18. The first-order chi connectivity index (χ1) is 6.74. The molecule has 1 aromatic carbocycles. The molecule has 1 rings (SSSR count).